The van der Waals surface area contributed by atoms with E-state index < -0.39 is 0 Å². The summed E-state index contributed by atoms with van der Waals surface area (Å²) in [6.07, 6.45) is 8.38. The molecule has 1 aliphatic carbocycles. The van der Waals surface area contributed by atoms with E-state index in [1.165, 1.54) is 12.8 Å². The highest BCUT2D eigenvalue weighted by molar-refractivity contribution is 5.92. The van der Waals surface area contributed by atoms with Crippen LogP contribution in [0.25, 0.3) is 0 Å². The van der Waals surface area contributed by atoms with Gasteiger partial charge in [0.2, 0.25) is 0 Å². The first-order valence-electron chi connectivity index (χ1n) is 7.56. The third kappa shape index (κ3) is 3.53. The van der Waals surface area contributed by atoms with Crippen molar-refractivity contribution in [3.8, 4) is 11.8 Å². The highest BCUT2D eigenvalue weighted by Gasteiger charge is 2.18. The summed E-state index contributed by atoms with van der Waals surface area (Å²) in [6, 6.07) is 7.77. The van der Waals surface area contributed by atoms with Crippen molar-refractivity contribution in [3.63, 3.8) is 0 Å². The van der Waals surface area contributed by atoms with Crippen LogP contribution in [0.15, 0.2) is 36.7 Å². The first kappa shape index (κ1) is 14.3. The lowest BCUT2D eigenvalue weighted by molar-refractivity contribution is 0.0952. The Bertz CT molecular complexity index is 690. The van der Waals surface area contributed by atoms with Crippen LogP contribution < -0.4 is 5.32 Å². The summed E-state index contributed by atoms with van der Waals surface area (Å²) >= 11 is 0. The third-order valence-electron chi connectivity index (χ3n) is 3.76. The average Bonchev–Trinajstić information content (AvgIpc) is 3.22. The van der Waals surface area contributed by atoms with Crippen molar-refractivity contribution in [3.05, 3.63) is 48.0 Å². The fourth-order valence-electron chi connectivity index (χ4n) is 2.62. The Morgan fingerprint density at radius 2 is 2.18 bits per heavy atom. The van der Waals surface area contributed by atoms with E-state index in [1.807, 2.05) is 29.1 Å². The second-order valence-corrected chi connectivity index (χ2v) is 5.32. The molecular formula is C17H18N4O. The highest BCUT2D eigenvalue weighted by atomic mass is 16.1. The normalized spacial score (nSPS) is 14.4. The molecule has 0 bridgehead atoms. The van der Waals surface area contributed by atoms with Crippen LogP contribution in [0, 0.1) is 11.8 Å². The zero-order valence-electron chi connectivity index (χ0n) is 12.3. The zero-order chi connectivity index (χ0) is 15.2. The number of rotatable bonds is 3. The van der Waals surface area contributed by atoms with Crippen molar-refractivity contribution in [2.24, 2.45) is 0 Å². The Labute approximate surface area is 129 Å². The molecule has 2 aromatic rings. The summed E-state index contributed by atoms with van der Waals surface area (Å²) in [5.41, 5.74) is 1.15. The fraction of sp³-hybridized carbons (Fsp3) is 0.353. The van der Waals surface area contributed by atoms with Gasteiger partial charge in [0.05, 0.1) is 12.6 Å². The van der Waals surface area contributed by atoms with Crippen molar-refractivity contribution in [2.75, 3.05) is 6.54 Å². The van der Waals surface area contributed by atoms with Crippen LogP contribution in [0.5, 0.6) is 0 Å². The van der Waals surface area contributed by atoms with Crippen LogP contribution in [0.3, 0.4) is 0 Å². The molecule has 0 radical (unpaired) electrons. The summed E-state index contributed by atoms with van der Waals surface area (Å²) in [5, 5.41) is 7.13. The maximum atomic E-state index is 12.0. The van der Waals surface area contributed by atoms with Crippen LogP contribution in [-0.2, 0) is 0 Å². The van der Waals surface area contributed by atoms with Gasteiger partial charge < -0.3 is 5.32 Å². The van der Waals surface area contributed by atoms with Gasteiger partial charge in [0.15, 0.2) is 0 Å². The van der Waals surface area contributed by atoms with Gasteiger partial charge in [-0.15, -0.1) is 0 Å². The predicted molar refractivity (Wildman–Crippen MR) is 83.2 cm³/mol. The number of carbonyl (C=O) groups is 1. The molecule has 0 atom stereocenters. The topological polar surface area (TPSA) is 59.8 Å². The van der Waals surface area contributed by atoms with E-state index in [0.29, 0.717) is 17.4 Å². The summed E-state index contributed by atoms with van der Waals surface area (Å²) in [7, 11) is 0. The van der Waals surface area contributed by atoms with Gasteiger partial charge in [-0.2, -0.15) is 5.10 Å². The molecule has 1 aliphatic rings. The first-order valence-corrected chi connectivity index (χ1v) is 7.56. The maximum Gasteiger partial charge on any atom is 0.272 e. The van der Waals surface area contributed by atoms with Gasteiger partial charge in [0.1, 0.15) is 11.4 Å². The standard InChI is InChI=1S/C17H18N4O/c22-17(19-12-5-7-14-6-3-4-11-18-14)16-10-13-21(20-16)15-8-1-2-9-15/h3-4,6,10-11,13,15H,1-2,8-9,12H2,(H,19,22). The minimum Gasteiger partial charge on any atom is -0.340 e. The molecule has 5 heteroatoms. The summed E-state index contributed by atoms with van der Waals surface area (Å²) in [4.78, 5) is 16.1. The molecule has 1 N–H and O–H groups in total. The quantitative estimate of drug-likeness (QED) is 0.883. The van der Waals surface area contributed by atoms with Crippen LogP contribution in [-0.4, -0.2) is 27.2 Å². The van der Waals surface area contributed by atoms with Crippen molar-refractivity contribution >= 4 is 5.91 Å². The van der Waals surface area contributed by atoms with Crippen LogP contribution >= 0.6 is 0 Å². The molecule has 1 saturated carbocycles. The SMILES string of the molecule is O=C(NCC#Cc1ccccn1)c1ccn(C2CCCC2)n1. The average molecular weight is 294 g/mol. The number of nitrogens with zero attached hydrogens (tertiary/aromatic N) is 3. The van der Waals surface area contributed by atoms with E-state index in [2.05, 4.69) is 27.2 Å². The van der Waals surface area contributed by atoms with Gasteiger partial charge in [-0.3, -0.25) is 9.48 Å². The lowest BCUT2D eigenvalue weighted by Crippen LogP contribution is -2.24. The maximum absolute atomic E-state index is 12.0. The largest absolute Gasteiger partial charge is 0.340 e. The number of aromatic nitrogens is 3. The third-order valence-corrected chi connectivity index (χ3v) is 3.76. The fourth-order valence-corrected chi connectivity index (χ4v) is 2.62. The molecule has 3 rings (SSSR count). The van der Waals surface area contributed by atoms with E-state index in [9.17, 15) is 4.79 Å². The number of hydrogen-bond acceptors (Lipinski definition) is 3. The second kappa shape index (κ2) is 6.90. The van der Waals surface area contributed by atoms with Gasteiger partial charge in [0.25, 0.3) is 5.91 Å². The molecule has 0 spiro atoms. The van der Waals surface area contributed by atoms with Gasteiger partial charge in [0, 0.05) is 12.4 Å². The molecule has 5 nitrogen and oxygen atoms in total. The molecule has 1 fully saturated rings. The minimum absolute atomic E-state index is 0.188. The van der Waals surface area contributed by atoms with Gasteiger partial charge in [-0.05, 0) is 37.0 Å². The number of carbonyl (C=O) groups excluding carboxylic acids is 1. The Balaban J connectivity index is 1.53. The monoisotopic (exact) mass is 294 g/mol. The molecule has 22 heavy (non-hydrogen) atoms. The number of pyridine rings is 1. The van der Waals surface area contributed by atoms with E-state index >= 15 is 0 Å². The van der Waals surface area contributed by atoms with Crippen molar-refractivity contribution < 1.29 is 4.79 Å². The molecule has 2 aromatic heterocycles. The predicted octanol–water partition coefficient (Wildman–Crippen LogP) is 2.17. The molecule has 112 valence electrons. The first-order chi connectivity index (χ1) is 10.8. The molecule has 0 aliphatic heterocycles. The minimum atomic E-state index is -0.188. The molecule has 2 heterocycles. The Morgan fingerprint density at radius 3 is 2.95 bits per heavy atom. The van der Waals surface area contributed by atoms with E-state index in [0.717, 1.165) is 12.8 Å². The number of hydrogen-bond donors (Lipinski definition) is 1. The van der Waals surface area contributed by atoms with Crippen LogP contribution in [0.2, 0.25) is 0 Å². The molecule has 0 saturated heterocycles. The molecule has 0 unspecified atom stereocenters. The summed E-state index contributed by atoms with van der Waals surface area (Å²) < 4.78 is 1.92. The summed E-state index contributed by atoms with van der Waals surface area (Å²) in [5.74, 6) is 5.60. The Kier molecular flexibility index (Phi) is 4.50. The smallest absolute Gasteiger partial charge is 0.272 e. The van der Waals surface area contributed by atoms with E-state index in [4.69, 9.17) is 0 Å². The second-order valence-electron chi connectivity index (χ2n) is 5.32. The number of nitrogens with one attached hydrogen (secondary N) is 1. The van der Waals surface area contributed by atoms with Gasteiger partial charge >= 0.3 is 0 Å². The van der Waals surface area contributed by atoms with Gasteiger partial charge in [-0.1, -0.05) is 24.8 Å². The van der Waals surface area contributed by atoms with Crippen molar-refractivity contribution in [1.29, 1.82) is 0 Å². The lowest BCUT2D eigenvalue weighted by Gasteiger charge is -2.08. The van der Waals surface area contributed by atoms with E-state index in [-0.39, 0.29) is 12.5 Å². The number of amides is 1. The lowest BCUT2D eigenvalue weighted by atomic mass is 10.3. The summed E-state index contributed by atoms with van der Waals surface area (Å²) in [6.45, 7) is 0.283. The highest BCUT2D eigenvalue weighted by Crippen LogP contribution is 2.28. The van der Waals surface area contributed by atoms with Gasteiger partial charge in [-0.25, -0.2) is 4.98 Å². The Morgan fingerprint density at radius 1 is 1.32 bits per heavy atom. The molecule has 1 amide bonds. The molecular weight excluding hydrogens is 276 g/mol. The zero-order valence-corrected chi connectivity index (χ0v) is 12.3. The van der Waals surface area contributed by atoms with E-state index in [1.54, 1.807) is 12.3 Å². The molecule has 0 aromatic carbocycles. The van der Waals surface area contributed by atoms with Crippen LogP contribution in [0.4, 0.5) is 0 Å². The van der Waals surface area contributed by atoms with Crippen LogP contribution in [0.1, 0.15) is 47.9 Å². The van der Waals surface area contributed by atoms with Crippen molar-refractivity contribution in [2.45, 2.75) is 31.7 Å². The van der Waals surface area contributed by atoms with Crippen molar-refractivity contribution in [1.82, 2.24) is 20.1 Å². The Hall–Kier alpha value is -2.61.